The number of nitrogens with one attached hydrogen (secondary N) is 2. The number of ketones is 1. The Morgan fingerprint density at radius 1 is 1.18 bits per heavy atom. The minimum atomic E-state index is -0.443. The molecular weight excluding hydrogens is 566 g/mol. The molecular formula is C33H40BrN3O3. The van der Waals surface area contributed by atoms with Gasteiger partial charge in [-0.25, -0.2) is 0 Å². The number of halogens is 1. The fourth-order valence-corrected chi connectivity index (χ4v) is 6.23. The van der Waals surface area contributed by atoms with E-state index in [0.717, 1.165) is 58.5 Å². The summed E-state index contributed by atoms with van der Waals surface area (Å²) in [7, 11) is 0. The summed E-state index contributed by atoms with van der Waals surface area (Å²) in [6.45, 7) is 12.1. The topological polar surface area (TPSA) is 83.4 Å². The maximum atomic E-state index is 13.5. The lowest BCUT2D eigenvalue weighted by Crippen LogP contribution is -2.34. The normalized spacial score (nSPS) is 18.8. The van der Waals surface area contributed by atoms with Gasteiger partial charge in [0.1, 0.15) is 6.61 Å². The van der Waals surface area contributed by atoms with Crippen LogP contribution in [-0.4, -0.2) is 18.9 Å². The second-order valence-corrected chi connectivity index (χ2v) is 11.9. The molecule has 4 rings (SSSR count). The number of Topliss-reactive ketones (excluding diaryl/α,β-unsaturated/α-hetero) is 1. The first kappa shape index (κ1) is 29.7. The third kappa shape index (κ3) is 6.55. The van der Waals surface area contributed by atoms with Gasteiger partial charge in [-0.1, -0.05) is 45.4 Å². The van der Waals surface area contributed by atoms with Crippen molar-refractivity contribution in [1.29, 1.82) is 5.26 Å². The smallest absolute Gasteiger partial charge is 0.175 e. The van der Waals surface area contributed by atoms with E-state index in [1.54, 1.807) is 0 Å². The molecule has 2 unspecified atom stereocenters. The molecule has 2 N–H and O–H groups in total. The van der Waals surface area contributed by atoms with Crippen LogP contribution >= 0.6 is 15.9 Å². The van der Waals surface area contributed by atoms with Crippen LogP contribution in [0.3, 0.4) is 0 Å². The second kappa shape index (κ2) is 13.4. The monoisotopic (exact) mass is 605 g/mol. The van der Waals surface area contributed by atoms with Gasteiger partial charge in [0.2, 0.25) is 0 Å². The van der Waals surface area contributed by atoms with E-state index >= 15 is 0 Å². The predicted molar refractivity (Wildman–Crippen MR) is 163 cm³/mol. The van der Waals surface area contributed by atoms with E-state index in [1.807, 2.05) is 38.1 Å². The van der Waals surface area contributed by atoms with Crippen molar-refractivity contribution in [2.24, 2.45) is 11.8 Å². The third-order valence-electron chi connectivity index (χ3n) is 7.48. The van der Waals surface area contributed by atoms with Crippen LogP contribution in [0.25, 0.3) is 0 Å². The van der Waals surface area contributed by atoms with Crippen molar-refractivity contribution in [2.75, 3.05) is 18.5 Å². The van der Waals surface area contributed by atoms with Crippen LogP contribution in [0.2, 0.25) is 0 Å². The molecule has 40 heavy (non-hydrogen) atoms. The molecule has 2 aromatic carbocycles. The van der Waals surface area contributed by atoms with Gasteiger partial charge in [-0.05, 0) is 78.2 Å². The molecule has 2 aromatic rings. The van der Waals surface area contributed by atoms with Crippen molar-refractivity contribution in [3.05, 3.63) is 74.5 Å². The second-order valence-electron chi connectivity index (χ2n) is 11.1. The number of nitrogens with zero attached hydrogens (tertiary/aromatic N) is 1. The zero-order valence-corrected chi connectivity index (χ0v) is 25.8. The molecule has 1 heterocycles. The first-order chi connectivity index (χ1) is 19.3. The zero-order valence-electron chi connectivity index (χ0n) is 24.2. The number of ether oxygens (including phenoxy) is 2. The molecule has 0 aromatic heterocycles. The van der Waals surface area contributed by atoms with Crippen molar-refractivity contribution < 1.29 is 14.3 Å². The molecule has 7 heteroatoms. The van der Waals surface area contributed by atoms with Gasteiger partial charge in [-0.3, -0.25) is 4.79 Å². The number of nitriles is 1. The van der Waals surface area contributed by atoms with Gasteiger partial charge in [0, 0.05) is 41.2 Å². The van der Waals surface area contributed by atoms with Crippen LogP contribution in [0, 0.1) is 23.2 Å². The summed E-state index contributed by atoms with van der Waals surface area (Å²) in [5.74, 6) is 1.72. The number of rotatable bonds is 11. The number of carbonyl (C=O) groups is 1. The summed E-state index contributed by atoms with van der Waals surface area (Å²) in [4.78, 5) is 13.5. The lowest BCUT2D eigenvalue weighted by Gasteiger charge is -2.35. The number of hydrogen-bond donors (Lipinski definition) is 2. The summed E-state index contributed by atoms with van der Waals surface area (Å²) >= 11 is 3.73. The van der Waals surface area contributed by atoms with E-state index in [-0.39, 0.29) is 5.78 Å². The fourth-order valence-electron chi connectivity index (χ4n) is 5.65. The Morgan fingerprint density at radius 2 is 1.95 bits per heavy atom. The van der Waals surface area contributed by atoms with Gasteiger partial charge in [0.25, 0.3) is 0 Å². The van der Waals surface area contributed by atoms with Gasteiger partial charge in [0.05, 0.1) is 28.6 Å². The Hall–Kier alpha value is -3.24. The first-order valence-electron chi connectivity index (χ1n) is 14.3. The summed E-state index contributed by atoms with van der Waals surface area (Å²) in [5.41, 5.74) is 5.97. The Labute approximate surface area is 247 Å². The number of benzene rings is 2. The number of carbonyl (C=O) groups excluding carboxylic acids is 1. The number of anilines is 1. The van der Waals surface area contributed by atoms with Crippen molar-refractivity contribution in [1.82, 2.24) is 5.32 Å². The molecule has 2 aliphatic rings. The molecule has 212 valence electrons. The molecule has 2 atom stereocenters. The number of allylic oxidation sites excluding steroid dienone is 4. The average molecular weight is 607 g/mol. The maximum absolute atomic E-state index is 13.5. The Kier molecular flexibility index (Phi) is 9.97. The van der Waals surface area contributed by atoms with Gasteiger partial charge in [0.15, 0.2) is 17.3 Å². The summed E-state index contributed by atoms with van der Waals surface area (Å²) in [6, 6.07) is 14.4. The standard InChI is InChI=1S/C33H40BrN3O3/c1-6-10-22-13-28-32(29(38)14-22)31(25(17-35)21(5)37-28)24-15-26(34)33(30(16-24)39-7-2)40-19-23-11-8-9-12-27(23)36-18-20(3)4/h8-9,11-12,15-16,20,22,31,36-37H,6-7,10,13-14,18-19H2,1-5H3. The van der Waals surface area contributed by atoms with E-state index in [2.05, 4.69) is 65.5 Å². The van der Waals surface area contributed by atoms with Crippen molar-refractivity contribution in [3.63, 3.8) is 0 Å². The van der Waals surface area contributed by atoms with E-state index in [4.69, 9.17) is 9.47 Å². The van der Waals surface area contributed by atoms with Crippen molar-refractivity contribution >= 4 is 27.4 Å². The van der Waals surface area contributed by atoms with Gasteiger partial charge in [-0.2, -0.15) is 5.26 Å². The molecule has 0 saturated carbocycles. The van der Waals surface area contributed by atoms with Crippen LogP contribution < -0.4 is 20.1 Å². The largest absolute Gasteiger partial charge is 0.490 e. The number of hydrogen-bond acceptors (Lipinski definition) is 6. The lowest BCUT2D eigenvalue weighted by atomic mass is 9.72. The molecule has 1 aliphatic carbocycles. The van der Waals surface area contributed by atoms with Crippen molar-refractivity contribution in [2.45, 2.75) is 72.8 Å². The molecule has 6 nitrogen and oxygen atoms in total. The van der Waals surface area contributed by atoms with Crippen molar-refractivity contribution in [3.8, 4) is 17.6 Å². The Bertz CT molecular complexity index is 1360. The van der Waals surface area contributed by atoms with E-state index in [1.165, 1.54) is 0 Å². The lowest BCUT2D eigenvalue weighted by molar-refractivity contribution is -0.117. The fraction of sp³-hybridized carbons (Fsp3) is 0.455. The minimum absolute atomic E-state index is 0.123. The maximum Gasteiger partial charge on any atom is 0.175 e. The van der Waals surface area contributed by atoms with E-state index in [9.17, 15) is 10.1 Å². The molecule has 0 fully saturated rings. The van der Waals surface area contributed by atoms with E-state index in [0.29, 0.717) is 54.1 Å². The highest BCUT2D eigenvalue weighted by Crippen LogP contribution is 2.47. The molecule has 1 aliphatic heterocycles. The van der Waals surface area contributed by atoms with Gasteiger partial charge in [-0.15, -0.1) is 0 Å². The van der Waals surface area contributed by atoms with Crippen LogP contribution in [0.15, 0.2) is 63.4 Å². The van der Waals surface area contributed by atoms with Crippen LogP contribution in [-0.2, 0) is 11.4 Å². The van der Waals surface area contributed by atoms with Gasteiger partial charge < -0.3 is 20.1 Å². The summed E-state index contributed by atoms with van der Waals surface area (Å²) in [6.07, 6.45) is 3.41. The quantitative estimate of drug-likeness (QED) is 0.270. The highest BCUT2D eigenvalue weighted by molar-refractivity contribution is 9.10. The molecule has 0 amide bonds. The number of dihydropyridines is 1. The minimum Gasteiger partial charge on any atom is -0.490 e. The van der Waals surface area contributed by atoms with Crippen LogP contribution in [0.1, 0.15) is 77.3 Å². The Morgan fingerprint density at radius 3 is 2.65 bits per heavy atom. The van der Waals surface area contributed by atoms with Crippen LogP contribution in [0.5, 0.6) is 11.5 Å². The molecule has 0 bridgehead atoms. The van der Waals surface area contributed by atoms with Crippen LogP contribution in [0.4, 0.5) is 5.69 Å². The van der Waals surface area contributed by atoms with Gasteiger partial charge >= 0.3 is 0 Å². The molecule has 0 saturated heterocycles. The zero-order chi connectivity index (χ0) is 28.8. The average Bonchev–Trinajstić information content (AvgIpc) is 2.91. The molecule has 0 spiro atoms. The predicted octanol–water partition coefficient (Wildman–Crippen LogP) is 8.01. The summed E-state index contributed by atoms with van der Waals surface area (Å²) in [5, 5.41) is 17.1. The first-order valence-corrected chi connectivity index (χ1v) is 15.1. The highest BCUT2D eigenvalue weighted by Gasteiger charge is 2.39. The highest BCUT2D eigenvalue weighted by atomic mass is 79.9. The number of para-hydroxylation sites is 1. The Balaban J connectivity index is 1.70. The molecule has 0 radical (unpaired) electrons. The summed E-state index contributed by atoms with van der Waals surface area (Å²) < 4.78 is 13.2. The van der Waals surface area contributed by atoms with E-state index < -0.39 is 5.92 Å². The SMILES string of the molecule is CCCC1CC(=O)C2=C(C1)NC(C)=C(C#N)C2c1cc(Br)c(OCc2ccccc2NCC(C)C)c(OCC)c1. The third-order valence-corrected chi connectivity index (χ3v) is 8.07.